The molecule has 0 heterocycles. The Kier molecular flexibility index (Phi) is 4.06. The molecule has 7 N–H and O–H groups in total. The maximum Gasteiger partial charge on any atom is 0.298 e. The highest BCUT2D eigenvalue weighted by atomic mass is 32.2. The number of benzene rings is 2. The molecule has 0 spiro atoms. The molecule has 0 bridgehead atoms. The van der Waals surface area contributed by atoms with Crippen molar-refractivity contribution in [2.45, 2.75) is 9.79 Å². The molecular weight excluding hydrogens is 311 g/mol. The highest BCUT2D eigenvalue weighted by Gasteiger charge is 2.23. The lowest BCUT2D eigenvalue weighted by Gasteiger charge is -2.14. The maximum atomic E-state index is 12.6. The number of nitrogens with one attached hydrogen (secondary N) is 1. The van der Waals surface area contributed by atoms with E-state index in [1.165, 1.54) is 36.4 Å². The van der Waals surface area contributed by atoms with E-state index in [1.54, 1.807) is 12.1 Å². The minimum absolute atomic E-state index is 0.0640. The summed E-state index contributed by atoms with van der Waals surface area (Å²) in [7, 11) is -7.43. The number of rotatable bonds is 4. The van der Waals surface area contributed by atoms with Crippen molar-refractivity contribution in [3.8, 4) is 0 Å². The van der Waals surface area contributed by atoms with Gasteiger partial charge in [-0.1, -0.05) is 12.1 Å². The van der Waals surface area contributed by atoms with Crippen LogP contribution in [0.25, 0.3) is 0 Å². The molecule has 2 rings (SSSR count). The zero-order chi connectivity index (χ0) is 15.7. The highest BCUT2D eigenvalue weighted by molar-refractivity contribution is 7.91. The second kappa shape index (κ2) is 5.50. The molecule has 0 aliphatic rings. The van der Waals surface area contributed by atoms with Crippen LogP contribution in [0.2, 0.25) is 0 Å². The van der Waals surface area contributed by atoms with Gasteiger partial charge in [0.15, 0.2) is 0 Å². The number of hydrogen-bond donors (Lipinski definition) is 4. The Hall–Kier alpha value is -1.86. The first-order valence-electron chi connectivity index (χ1n) is 5.85. The van der Waals surface area contributed by atoms with Gasteiger partial charge in [-0.15, -0.1) is 0 Å². The third-order valence-electron chi connectivity index (χ3n) is 2.66. The van der Waals surface area contributed by atoms with Crippen molar-refractivity contribution in [2.24, 2.45) is 11.0 Å². The summed E-state index contributed by atoms with van der Waals surface area (Å²) >= 11 is 0. The van der Waals surface area contributed by atoms with Crippen LogP contribution in [0.4, 0.5) is 11.4 Å². The van der Waals surface area contributed by atoms with Gasteiger partial charge in [0.2, 0.25) is 9.84 Å². The van der Waals surface area contributed by atoms with E-state index in [2.05, 4.69) is 5.09 Å². The molecule has 0 atom stereocenters. The van der Waals surface area contributed by atoms with Gasteiger partial charge in [-0.2, -0.15) is 0 Å². The van der Waals surface area contributed by atoms with Crippen LogP contribution < -0.4 is 21.8 Å². The summed E-state index contributed by atoms with van der Waals surface area (Å²) in [6.07, 6.45) is 0. The van der Waals surface area contributed by atoms with Crippen molar-refractivity contribution in [3.05, 3.63) is 48.5 Å². The third kappa shape index (κ3) is 3.62. The van der Waals surface area contributed by atoms with Gasteiger partial charge in [-0.3, -0.25) is 15.6 Å². The van der Waals surface area contributed by atoms with Crippen LogP contribution in [0.3, 0.4) is 0 Å². The normalized spacial score (nSPS) is 12.1. The smallest absolute Gasteiger partial charge is 0.298 e. The lowest BCUT2D eigenvalue weighted by Crippen LogP contribution is -2.15. The Morgan fingerprint density at radius 3 is 2.10 bits per heavy atom. The quantitative estimate of drug-likeness (QED) is 0.493. The van der Waals surface area contributed by atoms with Crippen molar-refractivity contribution >= 4 is 28.8 Å². The van der Waals surface area contributed by atoms with Crippen LogP contribution in [0, 0.1) is 0 Å². The van der Waals surface area contributed by atoms with E-state index in [4.69, 9.17) is 16.7 Å². The molecule has 0 saturated heterocycles. The van der Waals surface area contributed by atoms with Gasteiger partial charge in [0.25, 0.3) is 7.59 Å². The van der Waals surface area contributed by atoms with Crippen LogP contribution in [-0.4, -0.2) is 8.42 Å². The zero-order valence-electron chi connectivity index (χ0n) is 10.9. The van der Waals surface area contributed by atoms with Gasteiger partial charge < -0.3 is 10.8 Å². The van der Waals surface area contributed by atoms with Crippen LogP contribution in [0.1, 0.15) is 0 Å². The zero-order valence-corrected chi connectivity index (χ0v) is 12.6. The average Bonchev–Trinajstić information content (AvgIpc) is 2.37. The van der Waals surface area contributed by atoms with Crippen LogP contribution in [0.5, 0.6) is 0 Å². The van der Waals surface area contributed by atoms with Gasteiger partial charge >= 0.3 is 0 Å². The van der Waals surface area contributed by atoms with Crippen molar-refractivity contribution in [1.29, 1.82) is 0 Å². The highest BCUT2D eigenvalue weighted by Crippen LogP contribution is 2.34. The molecular formula is C12H15N4O3PS. The number of anilines is 2. The summed E-state index contributed by atoms with van der Waals surface area (Å²) in [4.78, 5) is 0.000668. The predicted octanol–water partition coefficient (Wildman–Crippen LogP) is 1.54. The molecule has 0 unspecified atom stereocenters. The van der Waals surface area contributed by atoms with Gasteiger partial charge in [0.1, 0.15) is 0 Å². The second-order valence-corrected chi connectivity index (χ2v) is 7.95. The number of nitrogen functional groups attached to an aromatic ring is 1. The monoisotopic (exact) mass is 326 g/mol. The number of hydrogen-bond acceptors (Lipinski definition) is 4. The van der Waals surface area contributed by atoms with Crippen molar-refractivity contribution < 1.29 is 13.0 Å². The fraction of sp³-hybridized carbons (Fsp3) is 0. The molecule has 0 saturated carbocycles. The van der Waals surface area contributed by atoms with E-state index in [0.717, 1.165) is 0 Å². The van der Waals surface area contributed by atoms with Crippen LogP contribution in [-0.2, 0) is 14.4 Å². The SMILES string of the molecule is Nc1ccc(S(=O)(=O)c2ccccc2NP(N)(N)=O)cc1. The van der Waals surface area contributed by atoms with Crippen LogP contribution >= 0.6 is 7.59 Å². The summed E-state index contributed by atoms with van der Waals surface area (Å²) in [5.74, 6) is 0. The molecule has 0 aromatic heterocycles. The Morgan fingerprint density at radius 1 is 0.952 bits per heavy atom. The van der Waals surface area contributed by atoms with E-state index < -0.39 is 17.4 Å². The van der Waals surface area contributed by atoms with Crippen molar-refractivity contribution in [3.63, 3.8) is 0 Å². The predicted molar refractivity (Wildman–Crippen MR) is 82.4 cm³/mol. The Morgan fingerprint density at radius 2 is 1.52 bits per heavy atom. The molecule has 0 aliphatic carbocycles. The molecule has 2 aromatic rings. The summed E-state index contributed by atoms with van der Waals surface area (Å²) < 4.78 is 36.7. The van der Waals surface area contributed by atoms with Gasteiger partial charge in [0, 0.05) is 5.69 Å². The maximum absolute atomic E-state index is 12.6. The molecule has 9 heteroatoms. The molecule has 2 aromatic carbocycles. The lowest BCUT2D eigenvalue weighted by atomic mass is 10.3. The van der Waals surface area contributed by atoms with E-state index in [9.17, 15) is 13.0 Å². The lowest BCUT2D eigenvalue weighted by molar-refractivity contribution is 0.580. The molecule has 0 fully saturated rings. The number of para-hydroxylation sites is 1. The number of nitrogens with two attached hydrogens (primary N) is 3. The fourth-order valence-corrected chi connectivity index (χ4v) is 3.82. The summed E-state index contributed by atoms with van der Waals surface area (Å²) in [5.41, 5.74) is 16.6. The molecule has 0 amide bonds. The summed E-state index contributed by atoms with van der Waals surface area (Å²) in [6.45, 7) is 0. The van der Waals surface area contributed by atoms with E-state index in [1.807, 2.05) is 0 Å². The molecule has 21 heavy (non-hydrogen) atoms. The first-order valence-corrected chi connectivity index (χ1v) is 9.18. The van der Waals surface area contributed by atoms with E-state index in [-0.39, 0.29) is 15.5 Å². The average molecular weight is 326 g/mol. The van der Waals surface area contributed by atoms with Gasteiger partial charge in [0.05, 0.1) is 15.5 Å². The second-order valence-electron chi connectivity index (χ2n) is 4.39. The Labute approximate surface area is 122 Å². The van der Waals surface area contributed by atoms with Crippen molar-refractivity contribution in [2.75, 3.05) is 10.8 Å². The van der Waals surface area contributed by atoms with E-state index in [0.29, 0.717) is 5.69 Å². The third-order valence-corrected chi connectivity index (χ3v) is 5.08. The summed E-state index contributed by atoms with van der Waals surface area (Å²) in [5, 5.41) is 2.34. The van der Waals surface area contributed by atoms with Crippen molar-refractivity contribution in [1.82, 2.24) is 0 Å². The summed E-state index contributed by atoms with van der Waals surface area (Å²) in [6, 6.07) is 11.7. The topological polar surface area (TPSA) is 141 Å². The largest absolute Gasteiger partial charge is 0.399 e. The molecule has 0 radical (unpaired) electrons. The van der Waals surface area contributed by atoms with Gasteiger partial charge in [-0.25, -0.2) is 8.42 Å². The molecule has 7 nitrogen and oxygen atoms in total. The molecule has 0 aliphatic heterocycles. The van der Waals surface area contributed by atoms with Gasteiger partial charge in [-0.05, 0) is 36.4 Å². The minimum atomic E-state index is -3.81. The Balaban J connectivity index is 2.55. The van der Waals surface area contributed by atoms with Crippen LogP contribution in [0.15, 0.2) is 58.3 Å². The Bertz CT molecular complexity index is 800. The standard InChI is InChI=1S/C12H15N4O3PS/c13-9-5-7-10(8-6-9)21(18,19)12-4-2-1-3-11(12)16-20(14,15)17/h1-8H,13H2,(H5,14,15,16,17). The molecule has 112 valence electrons. The van der Waals surface area contributed by atoms with E-state index >= 15 is 0 Å². The number of sulfone groups is 1. The first-order chi connectivity index (χ1) is 9.70. The minimum Gasteiger partial charge on any atom is -0.399 e. The fourth-order valence-electron chi connectivity index (χ4n) is 1.76. The first kappa shape index (κ1) is 15.5.